The summed E-state index contributed by atoms with van der Waals surface area (Å²) in [5.41, 5.74) is 2.12. The van der Waals surface area contributed by atoms with Crippen LogP contribution in [0.3, 0.4) is 0 Å². The Kier molecular flexibility index (Phi) is 13.4. The summed E-state index contributed by atoms with van der Waals surface area (Å²) in [6.07, 6.45) is 2.96. The van der Waals surface area contributed by atoms with Gasteiger partial charge in [-0.2, -0.15) is 0 Å². The SMILES string of the molecule is CC1CC(C)C([Si](C)(C)C2C(C)CC(C)C2C)C1C.[CH3-].[CH3-].[Cl][Zr+2][Cl]. The van der Waals surface area contributed by atoms with Crippen molar-refractivity contribution in [3.05, 3.63) is 14.9 Å². The first-order valence-corrected chi connectivity index (χ1v) is 18.5. The monoisotopic (exact) mass is 470 g/mol. The molecule has 0 saturated heterocycles. The molecule has 8 unspecified atom stereocenters. The Labute approximate surface area is 173 Å². The molecule has 2 fully saturated rings. The molecule has 24 heavy (non-hydrogen) atoms. The molecule has 0 nitrogen and oxygen atoms in total. The van der Waals surface area contributed by atoms with Crippen molar-refractivity contribution in [2.45, 2.75) is 78.6 Å². The molecule has 0 amide bonds. The standard InChI is InChI=1S/C18H36Si.2CH3.2ClH.Zr/c1-11-9-13(3)17(15(11)5)19(7,8)18-14(4)10-12(2)16(18)6;;;;;/h11-18H,9-10H2,1-8H3;2*1H3;2*1H;/q;2*-1;;;+4/p-2. The Bertz CT molecular complexity index is 321. The van der Waals surface area contributed by atoms with Gasteiger partial charge < -0.3 is 14.9 Å². The quantitative estimate of drug-likeness (QED) is 0.280. The molecule has 0 aromatic heterocycles. The second kappa shape index (κ2) is 11.5. The zero-order chi connectivity index (χ0) is 17.2. The molecule has 2 aliphatic carbocycles. The first kappa shape index (κ1) is 27.9. The second-order valence-corrected chi connectivity index (χ2v) is 17.8. The molecule has 0 aromatic carbocycles. The molecule has 2 aliphatic rings. The fourth-order valence-corrected chi connectivity index (χ4v) is 13.7. The van der Waals surface area contributed by atoms with Gasteiger partial charge in [-0.05, 0) is 59.4 Å². The average Bonchev–Trinajstić information content (AvgIpc) is 2.78. The van der Waals surface area contributed by atoms with Crippen molar-refractivity contribution >= 4 is 25.1 Å². The summed E-state index contributed by atoms with van der Waals surface area (Å²) in [6.45, 7) is 20.7. The second-order valence-electron chi connectivity index (χ2n) is 9.04. The normalized spacial score (nSPS) is 41.4. The summed E-state index contributed by atoms with van der Waals surface area (Å²) >= 11 is -0.826. The van der Waals surface area contributed by atoms with Gasteiger partial charge in [0.2, 0.25) is 0 Å². The van der Waals surface area contributed by atoms with Crippen molar-refractivity contribution in [3.8, 4) is 0 Å². The molecule has 144 valence electrons. The van der Waals surface area contributed by atoms with Crippen molar-refractivity contribution in [1.82, 2.24) is 0 Å². The molecule has 0 heterocycles. The van der Waals surface area contributed by atoms with Gasteiger partial charge >= 0.3 is 37.9 Å². The fraction of sp³-hybridized carbons (Fsp3) is 0.900. The van der Waals surface area contributed by atoms with Gasteiger partial charge in [-0.3, -0.25) is 0 Å². The number of rotatable bonds is 2. The predicted octanol–water partition coefficient (Wildman–Crippen LogP) is 8.34. The summed E-state index contributed by atoms with van der Waals surface area (Å²) in [5.74, 6) is 5.79. The van der Waals surface area contributed by atoms with E-state index in [1.165, 1.54) is 12.8 Å². The van der Waals surface area contributed by atoms with E-state index in [4.69, 9.17) is 17.0 Å². The summed E-state index contributed by atoms with van der Waals surface area (Å²) in [4.78, 5) is 0. The van der Waals surface area contributed by atoms with E-state index < -0.39 is 28.9 Å². The van der Waals surface area contributed by atoms with Crippen LogP contribution in [-0.4, -0.2) is 8.07 Å². The Hall–Kier alpha value is 1.68. The van der Waals surface area contributed by atoms with Crippen LogP contribution in [0.15, 0.2) is 0 Å². The molecule has 0 aliphatic heterocycles. The van der Waals surface area contributed by atoms with Crippen LogP contribution < -0.4 is 0 Å². The number of hydrogen-bond acceptors (Lipinski definition) is 0. The van der Waals surface area contributed by atoms with Crippen LogP contribution in [0.1, 0.15) is 54.4 Å². The average molecular weight is 473 g/mol. The van der Waals surface area contributed by atoms with Gasteiger partial charge in [0, 0.05) is 0 Å². The van der Waals surface area contributed by atoms with Crippen molar-refractivity contribution in [2.75, 3.05) is 0 Å². The Morgan fingerprint density at radius 3 is 1.08 bits per heavy atom. The molecule has 4 heteroatoms. The Balaban J connectivity index is 0. The number of halogens is 2. The van der Waals surface area contributed by atoms with Crippen LogP contribution in [0, 0.1) is 50.4 Å². The van der Waals surface area contributed by atoms with Gasteiger partial charge in [-0.25, -0.2) is 0 Å². The predicted molar refractivity (Wildman–Crippen MR) is 114 cm³/mol. The van der Waals surface area contributed by atoms with E-state index in [2.05, 4.69) is 54.6 Å². The molecule has 0 N–H and O–H groups in total. The third-order valence-corrected chi connectivity index (χ3v) is 13.0. The molecule has 0 bridgehead atoms. The van der Waals surface area contributed by atoms with E-state index in [1.807, 2.05) is 0 Å². The zero-order valence-electron chi connectivity index (χ0n) is 17.8. The summed E-state index contributed by atoms with van der Waals surface area (Å²) in [7, 11) is 8.69. The molecule has 8 atom stereocenters. The fourth-order valence-electron chi connectivity index (χ4n) is 6.68. The molecule has 2 saturated carbocycles. The van der Waals surface area contributed by atoms with Crippen LogP contribution >= 0.6 is 17.0 Å². The van der Waals surface area contributed by atoms with Crippen molar-refractivity contribution in [2.24, 2.45) is 35.5 Å². The summed E-state index contributed by atoms with van der Waals surface area (Å²) in [5, 5.41) is 0. The zero-order valence-corrected chi connectivity index (χ0v) is 22.8. The van der Waals surface area contributed by atoms with Crippen LogP contribution in [0.4, 0.5) is 0 Å². The molecule has 0 aromatic rings. The molecule has 2 rings (SSSR count). The minimum absolute atomic E-state index is 0. The van der Waals surface area contributed by atoms with Crippen LogP contribution in [0.5, 0.6) is 0 Å². The molecule has 0 radical (unpaired) electrons. The van der Waals surface area contributed by atoms with E-state index in [0.29, 0.717) is 0 Å². The third-order valence-electron chi connectivity index (χ3n) is 7.36. The van der Waals surface area contributed by atoms with Gasteiger partial charge in [-0.15, -0.1) is 0 Å². The van der Waals surface area contributed by atoms with Crippen LogP contribution in [-0.2, 0) is 20.8 Å². The van der Waals surface area contributed by atoms with Crippen molar-refractivity contribution in [1.29, 1.82) is 0 Å². The molecular formula is C20H42Cl2SiZr. The van der Waals surface area contributed by atoms with Gasteiger partial charge in [0.1, 0.15) is 0 Å². The van der Waals surface area contributed by atoms with Gasteiger partial charge in [0.05, 0.1) is 8.07 Å². The minimum atomic E-state index is -1.17. The third kappa shape index (κ3) is 5.84. The van der Waals surface area contributed by atoms with Gasteiger partial charge in [0.15, 0.2) is 0 Å². The maximum absolute atomic E-state index is 4.93. The molecular weight excluding hydrogens is 430 g/mol. The van der Waals surface area contributed by atoms with E-state index in [0.717, 1.165) is 46.6 Å². The summed E-state index contributed by atoms with van der Waals surface area (Å²) in [6, 6.07) is 0. The van der Waals surface area contributed by atoms with E-state index >= 15 is 0 Å². The molecule has 0 spiro atoms. The first-order chi connectivity index (χ1) is 10.1. The van der Waals surface area contributed by atoms with E-state index in [1.54, 1.807) is 0 Å². The van der Waals surface area contributed by atoms with E-state index in [-0.39, 0.29) is 14.9 Å². The van der Waals surface area contributed by atoms with Crippen LogP contribution in [0.2, 0.25) is 24.2 Å². The van der Waals surface area contributed by atoms with Gasteiger partial charge in [-0.1, -0.05) is 54.6 Å². The number of hydrogen-bond donors (Lipinski definition) is 0. The topological polar surface area (TPSA) is 0 Å². The maximum atomic E-state index is 4.93. The van der Waals surface area contributed by atoms with Crippen molar-refractivity contribution < 1.29 is 20.8 Å². The van der Waals surface area contributed by atoms with E-state index in [9.17, 15) is 0 Å². The van der Waals surface area contributed by atoms with Crippen LogP contribution in [0.25, 0.3) is 0 Å². The Morgan fingerprint density at radius 1 is 0.667 bits per heavy atom. The first-order valence-electron chi connectivity index (χ1n) is 9.05. The summed E-state index contributed by atoms with van der Waals surface area (Å²) < 4.78 is 0. The van der Waals surface area contributed by atoms with Gasteiger partial charge in [0.25, 0.3) is 0 Å². The van der Waals surface area contributed by atoms with Crippen molar-refractivity contribution in [3.63, 3.8) is 0 Å². The Morgan fingerprint density at radius 2 is 0.917 bits per heavy atom.